The van der Waals surface area contributed by atoms with Crippen molar-refractivity contribution in [3.63, 3.8) is 0 Å². The first-order valence-corrected chi connectivity index (χ1v) is 7.31. The molecule has 0 radical (unpaired) electrons. The van der Waals surface area contributed by atoms with Crippen LogP contribution in [0.3, 0.4) is 0 Å². The molecule has 4 heteroatoms. The van der Waals surface area contributed by atoms with Gasteiger partial charge in [-0.1, -0.05) is 35.9 Å². The third-order valence-electron chi connectivity index (χ3n) is 3.15. The van der Waals surface area contributed by atoms with Gasteiger partial charge in [0, 0.05) is 22.5 Å². The molecule has 2 aromatic carbocycles. The van der Waals surface area contributed by atoms with Gasteiger partial charge >= 0.3 is 5.97 Å². The van der Waals surface area contributed by atoms with Gasteiger partial charge in [-0.25, -0.2) is 4.79 Å². The van der Waals surface area contributed by atoms with Crippen LogP contribution in [-0.4, -0.2) is 13.1 Å². The summed E-state index contributed by atoms with van der Waals surface area (Å²) in [6, 6.07) is 15.9. The van der Waals surface area contributed by atoms with Crippen LogP contribution in [0.4, 0.5) is 5.69 Å². The second-order valence-corrected chi connectivity index (χ2v) is 5.41. The summed E-state index contributed by atoms with van der Waals surface area (Å²) in [6.07, 6.45) is 2.27. The molecule has 3 nitrogen and oxygen atoms in total. The molecule has 0 saturated heterocycles. The normalized spacial score (nSPS) is 11.1. The van der Waals surface area contributed by atoms with Crippen molar-refractivity contribution in [1.82, 2.24) is 0 Å². The van der Waals surface area contributed by atoms with Gasteiger partial charge in [0.1, 0.15) is 0 Å². The van der Waals surface area contributed by atoms with Gasteiger partial charge in [0.25, 0.3) is 0 Å². The predicted octanol–water partition coefficient (Wildman–Crippen LogP) is 4.42. The number of esters is 1. The highest BCUT2D eigenvalue weighted by Gasteiger charge is 2.00. The van der Waals surface area contributed by atoms with Crippen molar-refractivity contribution >= 4 is 23.3 Å². The fraction of sp³-hybridized carbons (Fsp3) is 0.167. The lowest BCUT2D eigenvalue weighted by Gasteiger charge is -2.08. The largest absolute Gasteiger partial charge is 0.466 e. The second-order valence-electron chi connectivity index (χ2n) is 4.98. The third kappa shape index (κ3) is 4.93. The van der Waals surface area contributed by atoms with Crippen LogP contribution in [0.1, 0.15) is 18.1 Å². The van der Waals surface area contributed by atoms with E-state index in [1.165, 1.54) is 24.3 Å². The van der Waals surface area contributed by atoms with Crippen molar-refractivity contribution in [2.45, 2.75) is 13.3 Å². The van der Waals surface area contributed by atoms with E-state index < -0.39 is 0 Å². The topological polar surface area (TPSA) is 38.3 Å². The Morgan fingerprint density at radius 3 is 2.18 bits per heavy atom. The Bertz CT molecular complexity index is 660. The summed E-state index contributed by atoms with van der Waals surface area (Å²) in [4.78, 5) is 11.1. The number of anilines is 1. The Labute approximate surface area is 135 Å². The van der Waals surface area contributed by atoms with Gasteiger partial charge < -0.3 is 10.1 Å². The Kier molecular flexibility index (Phi) is 5.61. The molecule has 0 aromatic heterocycles. The lowest BCUT2D eigenvalue weighted by molar-refractivity contribution is -0.134. The van der Waals surface area contributed by atoms with Crippen molar-refractivity contribution in [3.05, 3.63) is 76.5 Å². The average Bonchev–Trinajstić information content (AvgIpc) is 2.51. The minimum atomic E-state index is -0.371. The minimum absolute atomic E-state index is 0.371. The predicted molar refractivity (Wildman–Crippen MR) is 90.1 cm³/mol. The molecule has 1 N–H and O–H groups in total. The number of methoxy groups -OCH3 is 1. The summed E-state index contributed by atoms with van der Waals surface area (Å²) in [6.45, 7) is 1.82. The van der Waals surface area contributed by atoms with E-state index in [0.29, 0.717) is 0 Å². The minimum Gasteiger partial charge on any atom is -0.466 e. The van der Waals surface area contributed by atoms with Gasteiger partial charge in [-0.15, -0.1) is 0 Å². The molecular formula is C18H18ClNO2. The molecule has 0 spiro atoms. The fourth-order valence-electron chi connectivity index (χ4n) is 2.04. The highest BCUT2D eigenvalue weighted by molar-refractivity contribution is 6.30. The number of benzene rings is 2. The lowest BCUT2D eigenvalue weighted by Crippen LogP contribution is -2.02. The molecule has 2 rings (SSSR count). The summed E-state index contributed by atoms with van der Waals surface area (Å²) in [5.41, 5.74) is 4.09. The van der Waals surface area contributed by atoms with Crippen molar-refractivity contribution in [2.75, 3.05) is 12.4 Å². The van der Waals surface area contributed by atoms with Gasteiger partial charge in [-0.2, -0.15) is 0 Å². The Hall–Kier alpha value is -2.26. The number of ether oxygens (including phenoxy) is 1. The number of allylic oxidation sites excluding steroid dienone is 1. The maximum absolute atomic E-state index is 11.1. The first kappa shape index (κ1) is 16.1. The van der Waals surface area contributed by atoms with E-state index in [-0.39, 0.29) is 5.97 Å². The Balaban J connectivity index is 1.99. The molecule has 0 bridgehead atoms. The van der Waals surface area contributed by atoms with Crippen molar-refractivity contribution in [2.24, 2.45) is 0 Å². The van der Waals surface area contributed by atoms with Gasteiger partial charge in [0.15, 0.2) is 0 Å². The van der Waals surface area contributed by atoms with Crippen molar-refractivity contribution in [3.8, 4) is 0 Å². The standard InChI is InChI=1S/C18H18ClNO2/c1-13(11-18(21)22-2)20-17-9-5-15(6-10-17)12-14-3-7-16(19)8-4-14/h3-11,20H,12H2,1-2H3/b13-11-. The van der Waals surface area contributed by atoms with E-state index in [2.05, 4.69) is 22.2 Å². The summed E-state index contributed by atoms with van der Waals surface area (Å²) in [5, 5.41) is 3.89. The summed E-state index contributed by atoms with van der Waals surface area (Å²) in [7, 11) is 1.36. The molecule has 0 unspecified atom stereocenters. The zero-order valence-electron chi connectivity index (χ0n) is 12.6. The summed E-state index contributed by atoms with van der Waals surface area (Å²) in [5.74, 6) is -0.371. The molecule has 0 heterocycles. The number of carbonyl (C=O) groups is 1. The maximum atomic E-state index is 11.1. The second kappa shape index (κ2) is 7.66. The van der Waals surface area contributed by atoms with Crippen LogP contribution in [0.25, 0.3) is 0 Å². The molecule has 0 aliphatic rings. The molecule has 114 valence electrons. The summed E-state index contributed by atoms with van der Waals surface area (Å²) < 4.78 is 4.59. The van der Waals surface area contributed by atoms with Crippen LogP contribution in [0.2, 0.25) is 5.02 Å². The van der Waals surface area contributed by atoms with Crippen LogP contribution in [0.15, 0.2) is 60.3 Å². The highest BCUT2D eigenvalue weighted by Crippen LogP contribution is 2.16. The van der Waals surface area contributed by atoms with E-state index in [0.717, 1.165) is 22.8 Å². The van der Waals surface area contributed by atoms with Crippen LogP contribution in [0, 0.1) is 0 Å². The van der Waals surface area contributed by atoms with E-state index in [1.807, 2.05) is 43.3 Å². The van der Waals surface area contributed by atoms with Crippen LogP contribution < -0.4 is 5.32 Å². The molecule has 0 aliphatic carbocycles. The average molecular weight is 316 g/mol. The molecule has 22 heavy (non-hydrogen) atoms. The quantitative estimate of drug-likeness (QED) is 0.655. The van der Waals surface area contributed by atoms with E-state index in [4.69, 9.17) is 11.6 Å². The van der Waals surface area contributed by atoms with Gasteiger partial charge in [-0.05, 0) is 48.7 Å². The van der Waals surface area contributed by atoms with Crippen LogP contribution >= 0.6 is 11.6 Å². The third-order valence-corrected chi connectivity index (χ3v) is 3.40. The van der Waals surface area contributed by atoms with E-state index in [9.17, 15) is 4.79 Å². The Morgan fingerprint density at radius 2 is 1.64 bits per heavy atom. The number of hydrogen-bond donors (Lipinski definition) is 1. The molecule has 0 atom stereocenters. The van der Waals surface area contributed by atoms with E-state index in [1.54, 1.807) is 0 Å². The molecule has 0 fully saturated rings. The molecular weight excluding hydrogens is 298 g/mol. The summed E-state index contributed by atoms with van der Waals surface area (Å²) >= 11 is 5.88. The molecule has 2 aromatic rings. The van der Waals surface area contributed by atoms with Gasteiger partial charge in [0.05, 0.1) is 7.11 Å². The van der Waals surface area contributed by atoms with Crippen molar-refractivity contribution in [1.29, 1.82) is 0 Å². The molecule has 0 aliphatic heterocycles. The van der Waals surface area contributed by atoms with Crippen LogP contribution in [0.5, 0.6) is 0 Å². The highest BCUT2D eigenvalue weighted by atomic mass is 35.5. The number of hydrogen-bond acceptors (Lipinski definition) is 3. The maximum Gasteiger partial charge on any atom is 0.332 e. The van der Waals surface area contributed by atoms with Crippen LogP contribution in [-0.2, 0) is 16.0 Å². The Morgan fingerprint density at radius 1 is 1.09 bits per heavy atom. The number of rotatable bonds is 5. The first-order chi connectivity index (χ1) is 10.6. The zero-order valence-corrected chi connectivity index (χ0v) is 13.4. The zero-order chi connectivity index (χ0) is 15.9. The van der Waals surface area contributed by atoms with Crippen molar-refractivity contribution < 1.29 is 9.53 Å². The lowest BCUT2D eigenvalue weighted by atomic mass is 10.0. The number of halogens is 1. The van der Waals surface area contributed by atoms with E-state index >= 15 is 0 Å². The van der Waals surface area contributed by atoms with Gasteiger partial charge in [0.2, 0.25) is 0 Å². The number of nitrogens with one attached hydrogen (secondary N) is 1. The monoisotopic (exact) mass is 315 g/mol. The molecule has 0 amide bonds. The smallest absolute Gasteiger partial charge is 0.332 e. The fourth-order valence-corrected chi connectivity index (χ4v) is 2.17. The number of carbonyl (C=O) groups excluding carboxylic acids is 1. The first-order valence-electron chi connectivity index (χ1n) is 6.93. The SMILES string of the molecule is COC(=O)/C=C(/C)Nc1ccc(Cc2ccc(Cl)cc2)cc1. The van der Waals surface area contributed by atoms with Gasteiger partial charge in [-0.3, -0.25) is 0 Å². The molecule has 0 saturated carbocycles.